The molecule has 1 aromatic heterocycles. The van der Waals surface area contributed by atoms with Crippen LogP contribution in [-0.4, -0.2) is 38.1 Å². The van der Waals surface area contributed by atoms with Gasteiger partial charge in [-0.3, -0.25) is 4.79 Å². The van der Waals surface area contributed by atoms with Crippen molar-refractivity contribution in [3.8, 4) is 0 Å². The van der Waals surface area contributed by atoms with Crippen molar-refractivity contribution in [3.63, 3.8) is 0 Å². The van der Waals surface area contributed by atoms with Crippen LogP contribution in [0.4, 0.5) is 4.39 Å². The zero-order chi connectivity index (χ0) is 16.6. The first-order valence-corrected chi connectivity index (χ1v) is 7.73. The number of aliphatic hydroxyl groups excluding tert-OH is 1. The summed E-state index contributed by atoms with van der Waals surface area (Å²) in [6, 6.07) is 6.02. The van der Waals surface area contributed by atoms with Gasteiger partial charge in [0.1, 0.15) is 11.5 Å². The quantitative estimate of drug-likeness (QED) is 0.946. The molecule has 2 aromatic rings. The van der Waals surface area contributed by atoms with Gasteiger partial charge in [0.05, 0.1) is 18.5 Å². The molecule has 2 atom stereocenters. The number of carbonyl (C=O) groups is 1. The van der Waals surface area contributed by atoms with Gasteiger partial charge in [0.25, 0.3) is 5.91 Å². The second-order valence-corrected chi connectivity index (χ2v) is 6.21. The van der Waals surface area contributed by atoms with Gasteiger partial charge in [-0.05, 0) is 38.0 Å². The van der Waals surface area contributed by atoms with E-state index in [2.05, 4.69) is 4.98 Å². The van der Waals surface area contributed by atoms with Crippen LogP contribution >= 0.6 is 0 Å². The fourth-order valence-electron chi connectivity index (χ4n) is 2.92. The molecule has 122 valence electrons. The summed E-state index contributed by atoms with van der Waals surface area (Å²) < 4.78 is 15.0. The van der Waals surface area contributed by atoms with Gasteiger partial charge in [0.2, 0.25) is 0 Å². The van der Waals surface area contributed by atoms with Crippen LogP contribution in [-0.2, 0) is 0 Å². The number of nitrogens with zero attached hydrogens (tertiary/aromatic N) is 3. The van der Waals surface area contributed by atoms with Crippen LogP contribution in [0.25, 0.3) is 0 Å². The number of aromatic nitrogens is 2. The number of β-amino-alcohol motifs (C(OH)–C–C–N with tert-alkyl or cyclic N) is 1. The maximum atomic E-state index is 13.1. The summed E-state index contributed by atoms with van der Waals surface area (Å²) in [5.41, 5.74) is 1.18. The van der Waals surface area contributed by atoms with E-state index in [1.807, 2.05) is 18.4 Å². The van der Waals surface area contributed by atoms with E-state index in [0.717, 1.165) is 5.56 Å². The molecule has 23 heavy (non-hydrogen) atoms. The number of likely N-dealkylation sites (tertiary alicyclic amines) is 1. The first kappa shape index (κ1) is 15.7. The number of amides is 1. The van der Waals surface area contributed by atoms with Crippen molar-refractivity contribution in [2.24, 2.45) is 0 Å². The number of imidazole rings is 1. The number of halogens is 1. The lowest BCUT2D eigenvalue weighted by Gasteiger charge is -2.24. The molecule has 0 saturated carbocycles. The second kappa shape index (κ2) is 6.12. The molecule has 1 aliphatic heterocycles. The van der Waals surface area contributed by atoms with Gasteiger partial charge in [-0.1, -0.05) is 12.1 Å². The number of rotatable bonds is 3. The van der Waals surface area contributed by atoms with Gasteiger partial charge < -0.3 is 14.6 Å². The van der Waals surface area contributed by atoms with E-state index in [-0.39, 0.29) is 30.4 Å². The van der Waals surface area contributed by atoms with E-state index >= 15 is 0 Å². The molecule has 1 amide bonds. The van der Waals surface area contributed by atoms with Crippen LogP contribution in [0.2, 0.25) is 0 Å². The zero-order valence-electron chi connectivity index (χ0n) is 13.2. The largest absolute Gasteiger partial charge is 0.391 e. The summed E-state index contributed by atoms with van der Waals surface area (Å²) in [4.78, 5) is 18.5. The zero-order valence-corrected chi connectivity index (χ0v) is 13.2. The Kier molecular flexibility index (Phi) is 4.17. The molecule has 5 nitrogen and oxygen atoms in total. The van der Waals surface area contributed by atoms with Gasteiger partial charge in [-0.2, -0.15) is 0 Å². The van der Waals surface area contributed by atoms with Crippen LogP contribution in [0.3, 0.4) is 0 Å². The predicted octanol–water partition coefficient (Wildman–Crippen LogP) is 2.55. The van der Waals surface area contributed by atoms with Gasteiger partial charge in [-0.25, -0.2) is 9.37 Å². The summed E-state index contributed by atoms with van der Waals surface area (Å²) in [5.74, 6) is -0.531. The van der Waals surface area contributed by atoms with Crippen LogP contribution in [0, 0.1) is 5.82 Å². The van der Waals surface area contributed by atoms with Crippen molar-refractivity contribution in [2.75, 3.05) is 6.54 Å². The molecule has 0 bridgehead atoms. The second-order valence-electron chi connectivity index (χ2n) is 6.21. The minimum absolute atomic E-state index is 0.213. The minimum atomic E-state index is -0.582. The van der Waals surface area contributed by atoms with Crippen LogP contribution in [0.1, 0.15) is 48.4 Å². The summed E-state index contributed by atoms with van der Waals surface area (Å²) in [5, 5.41) is 9.98. The Balaban J connectivity index is 1.86. The molecular weight excluding hydrogens is 297 g/mol. The first-order chi connectivity index (χ1) is 11.0. The van der Waals surface area contributed by atoms with Crippen LogP contribution in [0.15, 0.2) is 36.8 Å². The highest BCUT2D eigenvalue weighted by Gasteiger charge is 2.36. The molecule has 1 aromatic carbocycles. The van der Waals surface area contributed by atoms with E-state index in [0.29, 0.717) is 12.1 Å². The Morgan fingerprint density at radius 3 is 2.65 bits per heavy atom. The normalized spacial score (nSPS) is 21.2. The third-order valence-electron chi connectivity index (χ3n) is 4.21. The molecule has 0 aliphatic carbocycles. The van der Waals surface area contributed by atoms with Crippen molar-refractivity contribution in [2.45, 2.75) is 38.5 Å². The van der Waals surface area contributed by atoms with Crippen molar-refractivity contribution in [1.29, 1.82) is 0 Å². The molecule has 1 fully saturated rings. The molecule has 0 spiro atoms. The highest BCUT2D eigenvalue weighted by atomic mass is 19.1. The van der Waals surface area contributed by atoms with Gasteiger partial charge in [0.15, 0.2) is 0 Å². The van der Waals surface area contributed by atoms with Crippen molar-refractivity contribution >= 4 is 5.91 Å². The lowest BCUT2D eigenvalue weighted by Crippen LogP contribution is -2.32. The Hall–Kier alpha value is -2.21. The lowest BCUT2D eigenvalue weighted by molar-refractivity contribution is 0.0710. The predicted molar refractivity (Wildman–Crippen MR) is 83.4 cm³/mol. The molecule has 1 N–H and O–H groups in total. The molecule has 0 radical (unpaired) electrons. The molecule has 3 rings (SSSR count). The monoisotopic (exact) mass is 317 g/mol. The average molecular weight is 317 g/mol. The number of carbonyl (C=O) groups excluding carboxylic acids is 1. The number of aliphatic hydroxyl groups is 1. The Labute approximate surface area is 134 Å². The number of hydrogen-bond acceptors (Lipinski definition) is 3. The fraction of sp³-hybridized carbons (Fsp3) is 0.412. The Bertz CT molecular complexity index is 696. The fourth-order valence-corrected chi connectivity index (χ4v) is 2.92. The Morgan fingerprint density at radius 1 is 1.35 bits per heavy atom. The molecule has 1 saturated heterocycles. The molecule has 2 heterocycles. The third kappa shape index (κ3) is 3.12. The maximum Gasteiger partial charge on any atom is 0.274 e. The van der Waals surface area contributed by atoms with E-state index in [1.165, 1.54) is 12.1 Å². The highest BCUT2D eigenvalue weighted by Crippen LogP contribution is 2.33. The van der Waals surface area contributed by atoms with Crippen molar-refractivity contribution in [1.82, 2.24) is 14.5 Å². The van der Waals surface area contributed by atoms with Gasteiger partial charge in [0, 0.05) is 18.8 Å². The summed E-state index contributed by atoms with van der Waals surface area (Å²) in [7, 11) is 0. The van der Waals surface area contributed by atoms with Crippen molar-refractivity contribution in [3.05, 3.63) is 53.9 Å². The SMILES string of the molecule is CC(C)n1cnc(C(=O)N2C[C@@H](O)C[C@@H]2c2ccc(F)cc2)c1. The van der Waals surface area contributed by atoms with E-state index in [4.69, 9.17) is 0 Å². The van der Waals surface area contributed by atoms with E-state index in [9.17, 15) is 14.3 Å². The standard InChI is InChI=1S/C17H20FN3O2/c1-11(2)20-9-15(19-10-20)17(23)21-8-14(22)7-16(21)12-3-5-13(18)6-4-12/h3-6,9-11,14,16,22H,7-8H2,1-2H3/t14-,16+/m0/s1. The topological polar surface area (TPSA) is 58.4 Å². The summed E-state index contributed by atoms with van der Waals surface area (Å²) in [6.45, 7) is 4.28. The van der Waals surface area contributed by atoms with E-state index < -0.39 is 6.10 Å². The summed E-state index contributed by atoms with van der Waals surface area (Å²) in [6.07, 6.45) is 3.22. The summed E-state index contributed by atoms with van der Waals surface area (Å²) >= 11 is 0. The number of hydrogen-bond donors (Lipinski definition) is 1. The first-order valence-electron chi connectivity index (χ1n) is 7.73. The van der Waals surface area contributed by atoms with Crippen LogP contribution in [0.5, 0.6) is 0 Å². The van der Waals surface area contributed by atoms with Gasteiger partial charge >= 0.3 is 0 Å². The Morgan fingerprint density at radius 2 is 2.04 bits per heavy atom. The minimum Gasteiger partial charge on any atom is -0.391 e. The van der Waals surface area contributed by atoms with Crippen molar-refractivity contribution < 1.29 is 14.3 Å². The molecule has 1 aliphatic rings. The maximum absolute atomic E-state index is 13.1. The van der Waals surface area contributed by atoms with Gasteiger partial charge in [-0.15, -0.1) is 0 Å². The third-order valence-corrected chi connectivity index (χ3v) is 4.21. The lowest BCUT2D eigenvalue weighted by atomic mass is 10.0. The molecule has 0 unspecified atom stereocenters. The smallest absolute Gasteiger partial charge is 0.274 e. The molecular formula is C17H20FN3O2. The number of benzene rings is 1. The van der Waals surface area contributed by atoms with E-state index in [1.54, 1.807) is 29.6 Å². The molecule has 6 heteroatoms. The highest BCUT2D eigenvalue weighted by molar-refractivity contribution is 5.92. The van der Waals surface area contributed by atoms with Crippen LogP contribution < -0.4 is 0 Å². The average Bonchev–Trinajstić information content (AvgIpc) is 3.14.